The fourth-order valence-corrected chi connectivity index (χ4v) is 4.33. The first-order valence-corrected chi connectivity index (χ1v) is 12.0. The number of aromatic nitrogens is 1. The molecule has 0 saturated heterocycles. The van der Waals surface area contributed by atoms with Crippen molar-refractivity contribution in [1.29, 1.82) is 0 Å². The van der Waals surface area contributed by atoms with Crippen LogP contribution in [-0.2, 0) is 11.3 Å². The Morgan fingerprint density at radius 1 is 0.968 bits per heavy atom. The van der Waals surface area contributed by atoms with Gasteiger partial charge in [-0.3, -0.25) is 4.79 Å². The van der Waals surface area contributed by atoms with Crippen LogP contribution in [0.1, 0.15) is 77.7 Å². The van der Waals surface area contributed by atoms with Crippen molar-refractivity contribution in [3.63, 3.8) is 0 Å². The lowest BCUT2D eigenvalue weighted by Crippen LogP contribution is -2.35. The average molecular weight is 420 g/mol. The average Bonchev–Trinajstić information content (AvgIpc) is 2.77. The lowest BCUT2D eigenvalue weighted by molar-refractivity contribution is -0.688. The number of hydrogen-bond acceptors (Lipinski definition) is 2. The van der Waals surface area contributed by atoms with Gasteiger partial charge in [-0.05, 0) is 30.4 Å². The van der Waals surface area contributed by atoms with E-state index in [1.807, 2.05) is 6.07 Å². The van der Waals surface area contributed by atoms with Gasteiger partial charge in [-0.2, -0.15) is 0 Å². The lowest BCUT2D eigenvalue weighted by Gasteiger charge is -2.37. The number of allylic oxidation sites excluding steroid dienone is 1. The van der Waals surface area contributed by atoms with E-state index in [9.17, 15) is 4.79 Å². The summed E-state index contributed by atoms with van der Waals surface area (Å²) in [5, 5.41) is 0. The highest BCUT2D eigenvalue weighted by atomic mass is 16.1. The molecule has 2 heterocycles. The Hall–Kier alpha value is -2.42. The van der Waals surface area contributed by atoms with E-state index in [0.29, 0.717) is 12.2 Å². The molecule has 0 amide bonds. The summed E-state index contributed by atoms with van der Waals surface area (Å²) >= 11 is 0. The van der Waals surface area contributed by atoms with E-state index in [-0.39, 0.29) is 5.41 Å². The van der Waals surface area contributed by atoms with Crippen LogP contribution in [0.25, 0.3) is 0 Å². The number of pyridine rings is 1. The maximum Gasteiger partial charge on any atom is 0.173 e. The zero-order valence-corrected chi connectivity index (χ0v) is 19.6. The molecular weight excluding hydrogens is 380 g/mol. The smallest absolute Gasteiger partial charge is 0.173 e. The Morgan fingerprint density at radius 3 is 2.35 bits per heavy atom. The normalized spacial score (nSPS) is 15.6. The Balaban J connectivity index is 1.62. The lowest BCUT2D eigenvalue weighted by atomic mass is 9.76. The van der Waals surface area contributed by atoms with Crippen LogP contribution in [0.2, 0.25) is 0 Å². The van der Waals surface area contributed by atoms with Gasteiger partial charge in [-0.1, -0.05) is 71.1 Å². The third-order valence-electron chi connectivity index (χ3n) is 6.46. The molecule has 2 aromatic rings. The van der Waals surface area contributed by atoms with Crippen LogP contribution < -0.4 is 9.47 Å². The number of Topliss-reactive ketones (excluding diaryl/α,β-unsaturated/α-hetero) is 1. The standard InChI is InChI=1S/C28H39N2O/c1-4-5-6-7-8-10-13-27(31)26-23-30(21-18-28(26,2)3)25-16-14-24(15-17-25)22-29-19-11-9-12-20-29/h9,11-12,14-17,19-20,23H,4-8,10,13,18,21-22H2,1-3H3/q+1. The summed E-state index contributed by atoms with van der Waals surface area (Å²) in [5.41, 5.74) is 3.40. The second kappa shape index (κ2) is 11.3. The highest BCUT2D eigenvalue weighted by Gasteiger charge is 2.32. The van der Waals surface area contributed by atoms with Gasteiger partial charge in [0.15, 0.2) is 24.7 Å². The van der Waals surface area contributed by atoms with Crippen LogP contribution in [0.3, 0.4) is 0 Å². The largest absolute Gasteiger partial charge is 0.348 e. The van der Waals surface area contributed by atoms with Crippen LogP contribution in [0.15, 0.2) is 66.6 Å². The number of ketones is 1. The van der Waals surface area contributed by atoms with E-state index in [1.54, 1.807) is 0 Å². The monoisotopic (exact) mass is 419 g/mol. The van der Waals surface area contributed by atoms with Crippen LogP contribution >= 0.6 is 0 Å². The van der Waals surface area contributed by atoms with E-state index >= 15 is 0 Å². The molecule has 3 nitrogen and oxygen atoms in total. The Labute approximate surface area is 188 Å². The molecule has 166 valence electrons. The number of benzene rings is 1. The van der Waals surface area contributed by atoms with Crippen LogP contribution in [0.5, 0.6) is 0 Å². The van der Waals surface area contributed by atoms with Crippen LogP contribution in [0.4, 0.5) is 5.69 Å². The summed E-state index contributed by atoms with van der Waals surface area (Å²) in [4.78, 5) is 15.3. The molecule has 31 heavy (non-hydrogen) atoms. The number of unbranched alkanes of at least 4 members (excludes halogenated alkanes) is 5. The molecule has 0 aliphatic carbocycles. The minimum Gasteiger partial charge on any atom is -0.348 e. The quantitative estimate of drug-likeness (QED) is 0.308. The molecule has 1 aromatic heterocycles. The summed E-state index contributed by atoms with van der Waals surface area (Å²) in [6.45, 7) is 8.49. The maximum absolute atomic E-state index is 13.0. The van der Waals surface area contributed by atoms with Crippen LogP contribution in [0, 0.1) is 5.41 Å². The van der Waals surface area contributed by atoms with Crippen molar-refractivity contribution in [2.24, 2.45) is 5.41 Å². The van der Waals surface area contributed by atoms with Gasteiger partial charge in [0.1, 0.15) is 0 Å². The molecule has 0 saturated carbocycles. The molecule has 0 atom stereocenters. The maximum atomic E-state index is 13.0. The van der Waals surface area contributed by atoms with E-state index in [2.05, 4.69) is 85.2 Å². The van der Waals surface area contributed by atoms with Crippen molar-refractivity contribution in [1.82, 2.24) is 0 Å². The molecule has 0 fully saturated rings. The summed E-state index contributed by atoms with van der Waals surface area (Å²) in [5.74, 6) is 0.335. The number of carbonyl (C=O) groups excluding carboxylic acids is 1. The topological polar surface area (TPSA) is 24.2 Å². The van der Waals surface area contributed by atoms with Gasteiger partial charge in [0.05, 0.1) is 0 Å². The molecular formula is C28H39N2O+. The third-order valence-corrected chi connectivity index (χ3v) is 6.46. The van der Waals surface area contributed by atoms with Gasteiger partial charge in [0, 0.05) is 48.1 Å². The first-order valence-electron chi connectivity index (χ1n) is 12.0. The van der Waals surface area contributed by atoms with Gasteiger partial charge in [-0.25, -0.2) is 4.57 Å². The minimum atomic E-state index is -0.0420. The van der Waals surface area contributed by atoms with Gasteiger partial charge in [0.2, 0.25) is 0 Å². The fourth-order valence-electron chi connectivity index (χ4n) is 4.33. The zero-order valence-electron chi connectivity index (χ0n) is 19.6. The van der Waals surface area contributed by atoms with E-state index in [4.69, 9.17) is 0 Å². The number of nitrogens with zero attached hydrogens (tertiary/aromatic N) is 2. The second-order valence-corrected chi connectivity index (χ2v) is 9.53. The molecule has 0 radical (unpaired) electrons. The third kappa shape index (κ3) is 6.78. The number of rotatable bonds is 11. The Morgan fingerprint density at radius 2 is 1.65 bits per heavy atom. The molecule has 1 aromatic carbocycles. The van der Waals surface area contributed by atoms with Crippen molar-refractivity contribution >= 4 is 11.5 Å². The SMILES string of the molecule is CCCCCCCCC(=O)C1=CN(c2ccc(C[n+]3ccccc3)cc2)CCC1(C)C. The van der Waals surface area contributed by atoms with Crippen molar-refractivity contribution in [2.75, 3.05) is 11.4 Å². The molecule has 0 unspecified atom stereocenters. The predicted molar refractivity (Wildman–Crippen MR) is 129 cm³/mol. The number of hydrogen-bond donors (Lipinski definition) is 0. The highest BCUT2D eigenvalue weighted by Crippen LogP contribution is 2.37. The van der Waals surface area contributed by atoms with Gasteiger partial charge >= 0.3 is 0 Å². The molecule has 0 spiro atoms. The molecule has 3 rings (SSSR count). The number of anilines is 1. The summed E-state index contributed by atoms with van der Waals surface area (Å²) < 4.78 is 2.18. The van der Waals surface area contributed by atoms with Crippen molar-refractivity contribution in [3.8, 4) is 0 Å². The minimum absolute atomic E-state index is 0.0420. The second-order valence-electron chi connectivity index (χ2n) is 9.53. The van der Waals surface area contributed by atoms with Crippen molar-refractivity contribution in [2.45, 2.75) is 78.7 Å². The summed E-state index contributed by atoms with van der Waals surface area (Å²) in [6.07, 6.45) is 15.3. The Kier molecular flexibility index (Phi) is 8.45. The van der Waals surface area contributed by atoms with Crippen molar-refractivity contribution < 1.29 is 9.36 Å². The summed E-state index contributed by atoms with van der Waals surface area (Å²) in [7, 11) is 0. The summed E-state index contributed by atoms with van der Waals surface area (Å²) in [6, 6.07) is 14.9. The molecule has 3 heteroatoms. The van der Waals surface area contributed by atoms with Crippen LogP contribution in [-0.4, -0.2) is 12.3 Å². The van der Waals surface area contributed by atoms with Gasteiger partial charge in [0.25, 0.3) is 0 Å². The van der Waals surface area contributed by atoms with Gasteiger partial charge in [-0.15, -0.1) is 0 Å². The van der Waals surface area contributed by atoms with E-state index in [0.717, 1.165) is 31.5 Å². The first kappa shape index (κ1) is 23.2. The molecule has 0 N–H and O–H groups in total. The molecule has 1 aliphatic rings. The fraction of sp³-hybridized carbons (Fsp3) is 0.500. The zero-order chi connectivity index (χ0) is 22.1. The van der Waals surface area contributed by atoms with E-state index < -0.39 is 0 Å². The van der Waals surface area contributed by atoms with Gasteiger partial charge < -0.3 is 4.90 Å². The molecule has 1 aliphatic heterocycles. The van der Waals surface area contributed by atoms with E-state index in [1.165, 1.54) is 43.4 Å². The number of carbonyl (C=O) groups is 1. The van der Waals surface area contributed by atoms with Crippen molar-refractivity contribution in [3.05, 3.63) is 72.2 Å². The molecule has 0 bridgehead atoms. The highest BCUT2D eigenvalue weighted by molar-refractivity contribution is 5.97. The first-order chi connectivity index (χ1) is 15.0. The Bertz CT molecular complexity index is 852. The predicted octanol–water partition coefficient (Wildman–Crippen LogP) is 6.46.